The lowest BCUT2D eigenvalue weighted by molar-refractivity contribution is -0.113. The number of aromatic amines is 1. The fraction of sp³-hybridized carbons (Fsp3) is 0.455. The summed E-state index contributed by atoms with van der Waals surface area (Å²) in [4.78, 5) is 36.0. The molecule has 3 aromatic heterocycles. The zero-order valence-corrected chi connectivity index (χ0v) is 19.6. The van der Waals surface area contributed by atoms with E-state index in [1.54, 1.807) is 11.3 Å². The van der Waals surface area contributed by atoms with Gasteiger partial charge in [-0.05, 0) is 62.0 Å². The van der Waals surface area contributed by atoms with E-state index in [-0.39, 0.29) is 17.2 Å². The third-order valence-corrected chi connectivity index (χ3v) is 9.25. The Morgan fingerprint density at radius 3 is 2.94 bits per heavy atom. The van der Waals surface area contributed by atoms with Crippen LogP contribution in [-0.2, 0) is 30.5 Å². The number of nitrogens with zero attached hydrogens (tertiary/aromatic N) is 2. The Morgan fingerprint density at radius 2 is 2.10 bits per heavy atom. The number of hydrogen-bond donors (Lipinski definition) is 2. The molecule has 1 atom stereocenters. The van der Waals surface area contributed by atoms with Gasteiger partial charge in [-0.2, -0.15) is 5.26 Å². The first kappa shape index (κ1) is 20.7. The number of thioether (sulfide) groups is 1. The van der Waals surface area contributed by atoms with Crippen molar-refractivity contribution in [1.29, 1.82) is 5.26 Å². The van der Waals surface area contributed by atoms with E-state index in [0.29, 0.717) is 21.6 Å². The van der Waals surface area contributed by atoms with Gasteiger partial charge < -0.3 is 10.3 Å². The molecule has 0 radical (unpaired) electrons. The number of rotatable bonds is 4. The predicted octanol–water partition coefficient (Wildman–Crippen LogP) is 4.65. The average molecular weight is 471 g/mol. The molecule has 1 unspecified atom stereocenters. The smallest absolute Gasteiger partial charge is 0.260 e. The third kappa shape index (κ3) is 3.93. The fourth-order valence-electron chi connectivity index (χ4n) is 4.47. The van der Waals surface area contributed by atoms with Crippen molar-refractivity contribution in [3.05, 3.63) is 36.8 Å². The largest absolute Gasteiger partial charge is 0.316 e. The molecule has 0 saturated heterocycles. The van der Waals surface area contributed by atoms with Gasteiger partial charge in [0.1, 0.15) is 15.9 Å². The van der Waals surface area contributed by atoms with Crippen molar-refractivity contribution >= 4 is 55.6 Å². The Balaban J connectivity index is 1.31. The van der Waals surface area contributed by atoms with E-state index in [9.17, 15) is 14.9 Å². The number of aryl methyl sites for hydroxylation is 2. The first-order valence-electron chi connectivity index (χ1n) is 10.5. The van der Waals surface area contributed by atoms with Crippen LogP contribution in [0.2, 0.25) is 0 Å². The normalized spacial score (nSPS) is 17.7. The molecule has 0 aromatic carbocycles. The highest BCUT2D eigenvalue weighted by atomic mass is 32.2. The molecule has 3 aromatic rings. The molecular weight excluding hydrogens is 448 g/mol. The quantitative estimate of drug-likeness (QED) is 0.427. The fourth-order valence-corrected chi connectivity index (χ4v) is 7.82. The Labute approximate surface area is 192 Å². The number of H-pyrrole nitrogens is 1. The van der Waals surface area contributed by atoms with E-state index >= 15 is 0 Å². The molecule has 5 rings (SSSR count). The van der Waals surface area contributed by atoms with Crippen LogP contribution in [-0.4, -0.2) is 21.6 Å². The summed E-state index contributed by atoms with van der Waals surface area (Å²) in [7, 11) is 0. The molecule has 9 heteroatoms. The van der Waals surface area contributed by atoms with Crippen LogP contribution < -0.4 is 10.9 Å². The lowest BCUT2D eigenvalue weighted by atomic mass is 9.89. The molecule has 2 aliphatic carbocycles. The molecule has 0 bridgehead atoms. The van der Waals surface area contributed by atoms with Crippen molar-refractivity contribution in [2.75, 3.05) is 11.1 Å². The third-order valence-electron chi connectivity index (χ3n) is 6.02. The topological polar surface area (TPSA) is 98.6 Å². The maximum Gasteiger partial charge on any atom is 0.260 e. The van der Waals surface area contributed by atoms with Gasteiger partial charge in [-0.25, -0.2) is 4.98 Å². The highest BCUT2D eigenvalue weighted by Gasteiger charge is 2.24. The van der Waals surface area contributed by atoms with Crippen molar-refractivity contribution < 1.29 is 4.79 Å². The Morgan fingerprint density at radius 1 is 1.26 bits per heavy atom. The summed E-state index contributed by atoms with van der Waals surface area (Å²) in [6, 6.07) is 2.27. The molecule has 0 fully saturated rings. The number of carbonyl (C=O) groups excluding carboxylic acids is 1. The van der Waals surface area contributed by atoms with E-state index in [0.717, 1.165) is 66.3 Å². The predicted molar refractivity (Wildman–Crippen MR) is 126 cm³/mol. The minimum atomic E-state index is -0.192. The minimum Gasteiger partial charge on any atom is -0.316 e. The van der Waals surface area contributed by atoms with Gasteiger partial charge in [0.2, 0.25) is 5.91 Å². The minimum absolute atomic E-state index is 0.113. The zero-order chi connectivity index (χ0) is 21.5. The highest BCUT2D eigenvalue weighted by Crippen LogP contribution is 2.38. The maximum absolute atomic E-state index is 12.7. The SMILES string of the molecule is CC1CCc2c(sc3nc(SCC(=O)Nc4sc5c(c4C#N)CCCC5)[nH]c(=O)c23)C1. The van der Waals surface area contributed by atoms with Crippen molar-refractivity contribution in [3.8, 4) is 6.07 Å². The summed E-state index contributed by atoms with van der Waals surface area (Å²) in [5, 5.41) is 14.3. The first-order chi connectivity index (χ1) is 15.0. The lowest BCUT2D eigenvalue weighted by Crippen LogP contribution is -2.16. The number of nitriles is 1. The Bertz CT molecular complexity index is 1280. The summed E-state index contributed by atoms with van der Waals surface area (Å²) >= 11 is 4.35. The van der Waals surface area contributed by atoms with Crippen LogP contribution in [0, 0.1) is 17.2 Å². The van der Waals surface area contributed by atoms with Gasteiger partial charge in [0, 0.05) is 9.75 Å². The number of anilines is 1. The van der Waals surface area contributed by atoms with E-state index in [4.69, 9.17) is 0 Å². The average Bonchev–Trinajstić information content (AvgIpc) is 3.29. The molecule has 1 amide bonds. The number of amides is 1. The summed E-state index contributed by atoms with van der Waals surface area (Å²) in [5.74, 6) is 0.574. The molecule has 3 heterocycles. The standard InChI is InChI=1S/C22H22N4O2S3/c1-11-6-7-13-16(8-11)31-21-18(13)19(28)25-22(26-21)29-10-17(27)24-20-14(9-23)12-4-2-3-5-15(12)30-20/h11H,2-8,10H2,1H3,(H,24,27)(H,25,26,28). The van der Waals surface area contributed by atoms with Gasteiger partial charge in [-0.1, -0.05) is 18.7 Å². The Kier molecular flexibility index (Phi) is 5.63. The summed E-state index contributed by atoms with van der Waals surface area (Å²) < 4.78 is 0. The van der Waals surface area contributed by atoms with Crippen LogP contribution >= 0.6 is 34.4 Å². The van der Waals surface area contributed by atoms with Gasteiger partial charge in [-0.3, -0.25) is 9.59 Å². The van der Waals surface area contributed by atoms with Crippen molar-refractivity contribution in [2.24, 2.45) is 5.92 Å². The van der Waals surface area contributed by atoms with Crippen LogP contribution in [0.25, 0.3) is 10.2 Å². The molecular formula is C22H22N4O2S3. The summed E-state index contributed by atoms with van der Waals surface area (Å²) in [6.07, 6.45) is 7.16. The number of fused-ring (bicyclic) bond motifs is 4. The number of thiophene rings is 2. The molecule has 0 spiro atoms. The maximum atomic E-state index is 12.7. The molecule has 31 heavy (non-hydrogen) atoms. The molecule has 2 N–H and O–H groups in total. The van der Waals surface area contributed by atoms with Gasteiger partial charge >= 0.3 is 0 Å². The molecule has 6 nitrogen and oxygen atoms in total. The second-order valence-corrected chi connectivity index (χ2v) is 11.4. The van der Waals surface area contributed by atoms with Crippen molar-refractivity contribution in [2.45, 2.75) is 57.0 Å². The molecule has 0 saturated carbocycles. The van der Waals surface area contributed by atoms with Gasteiger partial charge in [0.25, 0.3) is 5.56 Å². The van der Waals surface area contributed by atoms with Crippen molar-refractivity contribution in [3.63, 3.8) is 0 Å². The van der Waals surface area contributed by atoms with Crippen LogP contribution in [0.3, 0.4) is 0 Å². The van der Waals surface area contributed by atoms with Crippen LogP contribution in [0.1, 0.15) is 52.6 Å². The van der Waals surface area contributed by atoms with Crippen LogP contribution in [0.15, 0.2) is 9.95 Å². The van der Waals surface area contributed by atoms with E-state index in [2.05, 4.69) is 28.3 Å². The van der Waals surface area contributed by atoms with Crippen molar-refractivity contribution in [1.82, 2.24) is 9.97 Å². The summed E-state index contributed by atoms with van der Waals surface area (Å²) in [5.41, 5.74) is 2.77. The first-order valence-corrected chi connectivity index (χ1v) is 13.2. The van der Waals surface area contributed by atoms with E-state index in [1.807, 2.05) is 0 Å². The summed E-state index contributed by atoms with van der Waals surface area (Å²) in [6.45, 7) is 2.24. The number of nitrogens with one attached hydrogen (secondary N) is 2. The van der Waals surface area contributed by atoms with E-state index in [1.165, 1.54) is 32.9 Å². The van der Waals surface area contributed by atoms with E-state index < -0.39 is 0 Å². The monoisotopic (exact) mass is 470 g/mol. The zero-order valence-electron chi connectivity index (χ0n) is 17.2. The van der Waals surface area contributed by atoms with Crippen LogP contribution in [0.4, 0.5) is 5.00 Å². The van der Waals surface area contributed by atoms with Gasteiger partial charge in [0.15, 0.2) is 5.16 Å². The number of hydrogen-bond acceptors (Lipinski definition) is 7. The Hall–Kier alpha value is -2.15. The molecule has 160 valence electrons. The van der Waals surface area contributed by atoms with Gasteiger partial charge in [0.05, 0.1) is 16.7 Å². The molecule has 2 aliphatic rings. The lowest BCUT2D eigenvalue weighted by Gasteiger charge is -2.17. The highest BCUT2D eigenvalue weighted by molar-refractivity contribution is 7.99. The van der Waals surface area contributed by atoms with Gasteiger partial charge in [-0.15, -0.1) is 22.7 Å². The molecule has 0 aliphatic heterocycles. The second kappa shape index (κ2) is 8.41. The second-order valence-electron chi connectivity index (χ2n) is 8.27. The van der Waals surface area contributed by atoms with Crippen LogP contribution in [0.5, 0.6) is 0 Å². The number of aromatic nitrogens is 2. The number of carbonyl (C=O) groups is 1.